The number of rotatable bonds is 30. The van der Waals surface area contributed by atoms with E-state index in [2.05, 4.69) is 51.5 Å². The molecule has 9 N–H and O–H groups in total. The first kappa shape index (κ1) is 86.6. The molecule has 1 amide bonds. The molecule has 30 nitrogen and oxygen atoms in total. The summed E-state index contributed by atoms with van der Waals surface area (Å²) in [6.45, 7) is 17.9. The first-order valence-corrected chi connectivity index (χ1v) is 39.8. The minimum absolute atomic E-state index is 0.0178. The second-order valence-corrected chi connectivity index (χ2v) is 30.4. The van der Waals surface area contributed by atoms with Crippen molar-refractivity contribution in [2.24, 2.45) is 29.4 Å². The fourth-order valence-corrected chi connectivity index (χ4v) is 11.8. The van der Waals surface area contributed by atoms with Crippen molar-refractivity contribution >= 4 is 107 Å². The topological polar surface area (TPSA) is 391 Å². The normalized spacial score (nSPS) is 14.4. The number of fused-ring (bicyclic) bond motifs is 5. The van der Waals surface area contributed by atoms with Crippen LogP contribution in [0.5, 0.6) is 28.7 Å². The van der Waals surface area contributed by atoms with Crippen LogP contribution in [0, 0.1) is 30.6 Å². The number of anilines is 4. The van der Waals surface area contributed by atoms with Gasteiger partial charge in [0.05, 0.1) is 77.5 Å². The maximum absolute atomic E-state index is 13.1. The van der Waals surface area contributed by atoms with Gasteiger partial charge in [-0.3, -0.25) is 4.55 Å². The number of amides is 1. The number of oxazole rings is 5. The van der Waals surface area contributed by atoms with Gasteiger partial charge in [-0.2, -0.15) is 33.3 Å². The molecule has 4 saturated heterocycles. The molecular formula is C83H96ClF2N11O19S. The molecule has 0 radical (unpaired) electrons. The third kappa shape index (κ3) is 28.0. The molecule has 4 aliphatic heterocycles. The van der Waals surface area contributed by atoms with Gasteiger partial charge in [0.25, 0.3) is 39.5 Å². The Bertz CT molecular complexity index is 5300. The SMILES string of the molecule is CC(C)(C)OC(=O)NC/C(=C/F)COc1ccc2nc(NCCC3COC3)oc2c1.COc1ccc2nc(Cl)oc2c1.Cc1ccc(S(=O)(=O)O)cc1.NC/C(=C/F)COc1ccc2nc(NCCC3COC3)oc2c1.Oc1ccc2nc(NCCC3COC3)oc2c1.c1ccc(COc2ccc3nc(NCCC4COC4)oc3c2)cc1. The molecule has 0 spiro atoms. The number of carbonyl (C=O) groups is 1. The number of aromatic nitrogens is 5. The molecule has 9 heterocycles. The summed E-state index contributed by atoms with van der Waals surface area (Å²) in [6.07, 6.45) is 4.44. The lowest BCUT2D eigenvalue weighted by atomic mass is 10.0. The number of phenolic OH excluding ortho intramolecular Hbond substituents is 1. The van der Waals surface area contributed by atoms with Gasteiger partial charge in [-0.05, 0) is 143 Å². The van der Waals surface area contributed by atoms with Gasteiger partial charge in [-0.25, -0.2) is 13.6 Å². The number of hydrogen-bond donors (Lipinski definition) is 8. The van der Waals surface area contributed by atoms with Crippen molar-refractivity contribution in [2.75, 3.05) is 134 Å². The van der Waals surface area contributed by atoms with E-state index in [4.69, 9.17) is 86.6 Å². The molecular weight excluding hydrogens is 1560 g/mol. The van der Waals surface area contributed by atoms with E-state index in [9.17, 15) is 27.1 Å². The summed E-state index contributed by atoms with van der Waals surface area (Å²) >= 11 is 5.56. The van der Waals surface area contributed by atoms with Crippen LogP contribution in [0.2, 0.25) is 5.35 Å². The molecule has 34 heteroatoms. The molecule has 12 aromatic rings. The Hall–Kier alpha value is -11.3. The number of nitrogens with zero attached hydrogens (tertiary/aromatic N) is 5. The zero-order valence-corrected chi connectivity index (χ0v) is 66.9. The van der Waals surface area contributed by atoms with E-state index in [1.165, 1.54) is 12.1 Å². The number of aromatic hydroxyl groups is 1. The molecule has 16 rings (SSSR count). The highest BCUT2D eigenvalue weighted by atomic mass is 35.5. The Balaban J connectivity index is 0.000000142. The Morgan fingerprint density at radius 1 is 0.530 bits per heavy atom. The van der Waals surface area contributed by atoms with E-state index in [0.29, 0.717) is 112 Å². The minimum atomic E-state index is -4.02. The lowest BCUT2D eigenvalue weighted by molar-refractivity contribution is -0.0338. The number of hydrogen-bond acceptors (Lipinski definition) is 28. The highest BCUT2D eigenvalue weighted by molar-refractivity contribution is 7.85. The van der Waals surface area contributed by atoms with Gasteiger partial charge in [-0.15, -0.1) is 0 Å². The van der Waals surface area contributed by atoms with E-state index in [1.54, 1.807) is 113 Å². The van der Waals surface area contributed by atoms with Gasteiger partial charge in [0.15, 0.2) is 27.9 Å². The van der Waals surface area contributed by atoms with Crippen LogP contribution in [0.1, 0.15) is 57.6 Å². The van der Waals surface area contributed by atoms with E-state index in [0.717, 1.165) is 155 Å². The zero-order chi connectivity index (χ0) is 82.5. The lowest BCUT2D eigenvalue weighted by Gasteiger charge is -2.25. The number of methoxy groups -OCH3 is 1. The molecule has 7 aromatic carbocycles. The van der Waals surface area contributed by atoms with Gasteiger partial charge >= 0.3 is 6.09 Å². The van der Waals surface area contributed by atoms with Crippen LogP contribution in [0.4, 0.5) is 37.6 Å². The van der Waals surface area contributed by atoms with Gasteiger partial charge in [0.2, 0.25) is 0 Å². The summed E-state index contributed by atoms with van der Waals surface area (Å²) in [4.78, 5) is 33.0. The highest BCUT2D eigenvalue weighted by Crippen LogP contribution is 2.31. The van der Waals surface area contributed by atoms with E-state index in [1.807, 2.05) is 55.5 Å². The molecule has 117 heavy (non-hydrogen) atoms. The van der Waals surface area contributed by atoms with E-state index in [-0.39, 0.29) is 47.9 Å². The first-order chi connectivity index (χ1) is 56.6. The number of halogens is 3. The van der Waals surface area contributed by atoms with E-state index >= 15 is 0 Å². The van der Waals surface area contributed by atoms with Crippen molar-refractivity contribution in [1.82, 2.24) is 30.2 Å². The highest BCUT2D eigenvalue weighted by Gasteiger charge is 2.23. The second-order valence-electron chi connectivity index (χ2n) is 28.6. The fraction of sp³-hybridized carbons (Fsp3) is 0.373. The van der Waals surface area contributed by atoms with Gasteiger partial charge in [0.1, 0.15) is 81.8 Å². The van der Waals surface area contributed by atoms with Crippen LogP contribution in [0.3, 0.4) is 0 Å². The largest absolute Gasteiger partial charge is 0.508 e. The maximum atomic E-state index is 13.1. The third-order valence-corrected chi connectivity index (χ3v) is 19.0. The average Bonchev–Trinajstić information content (AvgIpc) is 1.63. The Kier molecular flexibility index (Phi) is 31.9. The van der Waals surface area contributed by atoms with Crippen molar-refractivity contribution in [2.45, 2.75) is 70.5 Å². The van der Waals surface area contributed by atoms with Gasteiger partial charge in [0, 0.05) is 104 Å². The molecule has 0 saturated carbocycles. The van der Waals surface area contributed by atoms with Crippen molar-refractivity contribution in [1.29, 1.82) is 0 Å². The first-order valence-electron chi connectivity index (χ1n) is 38.0. The minimum Gasteiger partial charge on any atom is -0.508 e. The lowest BCUT2D eigenvalue weighted by Crippen LogP contribution is -2.34. The van der Waals surface area contributed by atoms with Crippen molar-refractivity contribution in [3.8, 4) is 28.7 Å². The number of nitrogens with two attached hydrogens (primary N) is 1. The number of benzene rings is 7. The summed E-state index contributed by atoms with van der Waals surface area (Å²) in [6, 6.07) is 44.6. The standard InChI is InChI=1S/C21H28FN3O5.C19H20N2O3.C16H20FN3O3.C12H14N2O3.C8H6ClNO2.C7H8O3S/c1-21(2,3)30-20(26)24-10-15(9-22)13-28-16-4-5-17-18(8-16)29-19(25-17)23-7-6-14-11-27-12-14;1-2-4-14(5-3-1)13-23-16-6-7-17-18(10-16)24-19(21-17)20-9-8-15-11-22-12-15;17-6-12(7-18)10-22-13-1-2-14-15(5-13)23-16(20-14)19-4-3-11-8-21-9-11;15-9-1-2-10-11(5-9)17-12(14-10)13-4-3-8-6-16-7-8;1-11-5-2-3-6-7(4-5)12-8(9)10-6;1-6-2-4-7(5-3-6)11(8,9)10/h4-5,8-9,14H,6-7,10-13H2,1-3H3,(H,23,25)(H,24,26);1-7,10,15H,8-9,11-13H2,(H,20,21);1-2,5-6,11H,3-4,7-10,18H2,(H,19,20);1-2,5,8,15H,3-4,6-7H2,(H,13,14);2-4H,1H3;2-5H,1H3,(H,8,9,10)/b15-9-;;12-6-;;;. The molecule has 0 bridgehead atoms. The maximum Gasteiger partial charge on any atom is 0.407 e. The number of aryl methyl sites for hydroxylation is 1. The molecule has 0 unspecified atom stereocenters. The quantitative estimate of drug-likeness (QED) is 0.0194. The summed E-state index contributed by atoms with van der Waals surface area (Å²) in [7, 11) is -2.42. The predicted octanol–water partition coefficient (Wildman–Crippen LogP) is 16.1. The number of ether oxygens (including phenoxy) is 9. The van der Waals surface area contributed by atoms with Crippen LogP contribution in [-0.4, -0.2) is 167 Å². The second kappa shape index (κ2) is 43.1. The zero-order valence-electron chi connectivity index (χ0n) is 65.4. The molecule has 4 aliphatic rings. The van der Waals surface area contributed by atoms with Gasteiger partial charge < -0.3 is 102 Å². The molecule has 0 aliphatic carbocycles. The molecule has 0 atom stereocenters. The molecule has 5 aromatic heterocycles. The Morgan fingerprint density at radius 3 is 1.31 bits per heavy atom. The predicted molar refractivity (Wildman–Crippen MR) is 437 cm³/mol. The van der Waals surface area contributed by atoms with Crippen LogP contribution < -0.4 is 51.3 Å². The monoisotopic (exact) mass is 1660 g/mol. The van der Waals surface area contributed by atoms with Crippen molar-refractivity contribution < 1.29 is 96.4 Å². The summed E-state index contributed by atoms with van der Waals surface area (Å²) in [5.74, 6) is 5.35. The number of phenols is 1. The van der Waals surface area contributed by atoms with Crippen LogP contribution in [-0.2, 0) is 40.4 Å². The summed E-state index contributed by atoms with van der Waals surface area (Å²) < 4.78 is 130. The number of alkyl carbamates (subject to hydrolysis) is 1. The Morgan fingerprint density at radius 2 is 0.915 bits per heavy atom. The molecule has 624 valence electrons. The summed E-state index contributed by atoms with van der Waals surface area (Å²) in [5.41, 5.74) is 14.4. The van der Waals surface area contributed by atoms with Gasteiger partial charge in [-0.1, -0.05) is 48.0 Å². The van der Waals surface area contributed by atoms with Crippen LogP contribution in [0.25, 0.3) is 55.5 Å². The average molecular weight is 1660 g/mol. The van der Waals surface area contributed by atoms with Crippen LogP contribution in [0.15, 0.2) is 196 Å². The molecule has 4 fully saturated rings. The number of nitrogens with one attached hydrogen (secondary N) is 5. The van der Waals surface area contributed by atoms with Crippen molar-refractivity contribution in [3.05, 3.63) is 186 Å². The summed E-state index contributed by atoms with van der Waals surface area (Å²) in [5, 5.41) is 24.7. The third-order valence-electron chi connectivity index (χ3n) is 18.0. The fourth-order valence-electron chi connectivity index (χ4n) is 11.1. The van der Waals surface area contributed by atoms with Crippen molar-refractivity contribution in [3.63, 3.8) is 0 Å². The van der Waals surface area contributed by atoms with E-state index < -0.39 is 21.8 Å². The Labute approximate surface area is 678 Å². The smallest absolute Gasteiger partial charge is 0.407 e. The number of carbonyl (C=O) groups excluding carboxylic acids is 1. The van der Waals surface area contributed by atoms with Crippen LogP contribution >= 0.6 is 11.6 Å².